The summed E-state index contributed by atoms with van der Waals surface area (Å²) in [4.78, 5) is 2.46. The fourth-order valence-corrected chi connectivity index (χ4v) is 2.16. The van der Waals surface area contributed by atoms with E-state index in [4.69, 9.17) is 0 Å². The van der Waals surface area contributed by atoms with Gasteiger partial charge in [-0.1, -0.05) is 6.92 Å². The number of rotatable bonds is 4. The van der Waals surface area contributed by atoms with E-state index in [1.165, 1.54) is 4.88 Å². The third kappa shape index (κ3) is 3.08. The average Bonchev–Trinajstić information content (AvgIpc) is 2.50. The highest BCUT2D eigenvalue weighted by Gasteiger charge is 2.24. The Morgan fingerprint density at radius 1 is 1.36 bits per heavy atom. The van der Waals surface area contributed by atoms with Crippen LogP contribution < -0.4 is 0 Å². The van der Waals surface area contributed by atoms with Crippen LogP contribution >= 0.6 is 11.3 Å². The second kappa shape index (κ2) is 4.43. The van der Waals surface area contributed by atoms with E-state index in [1.807, 2.05) is 6.07 Å². The van der Waals surface area contributed by atoms with Gasteiger partial charge in [-0.05, 0) is 32.4 Å². The molecule has 0 saturated heterocycles. The Morgan fingerprint density at radius 3 is 2.36 bits per heavy atom. The van der Waals surface area contributed by atoms with Gasteiger partial charge in [-0.2, -0.15) is 0 Å². The van der Waals surface area contributed by atoms with Crippen molar-refractivity contribution in [3.63, 3.8) is 0 Å². The maximum atomic E-state index is 9.68. The molecule has 1 rings (SSSR count). The summed E-state index contributed by atoms with van der Waals surface area (Å²) in [6.45, 7) is 5.38. The summed E-state index contributed by atoms with van der Waals surface area (Å²) in [6.07, 6.45) is 0.878. The number of aliphatic hydroxyl groups is 2. The smallest absolute Gasteiger partial charge is 0.0869 e. The number of aliphatic hydroxyl groups excluding tert-OH is 1. The Bertz CT molecular complexity index is 286. The molecule has 1 aromatic heterocycles. The highest BCUT2D eigenvalue weighted by Crippen LogP contribution is 2.21. The van der Waals surface area contributed by atoms with Crippen molar-refractivity contribution in [3.8, 4) is 0 Å². The van der Waals surface area contributed by atoms with E-state index in [-0.39, 0.29) is 0 Å². The highest BCUT2D eigenvalue weighted by molar-refractivity contribution is 7.11. The minimum Gasteiger partial charge on any atom is -0.390 e. The quantitative estimate of drug-likeness (QED) is 0.804. The average molecular weight is 214 g/mol. The second-order valence-electron chi connectivity index (χ2n) is 4.10. The summed E-state index contributed by atoms with van der Waals surface area (Å²) in [7, 11) is 0. The van der Waals surface area contributed by atoms with Gasteiger partial charge in [0.25, 0.3) is 0 Å². The molecule has 0 saturated carbocycles. The zero-order valence-electron chi connectivity index (χ0n) is 8.95. The third-order valence-corrected chi connectivity index (χ3v) is 3.53. The van der Waals surface area contributed by atoms with E-state index in [0.717, 1.165) is 11.3 Å². The standard InChI is InChI=1S/C11H18O2S/c1-4-8-5-6-9(14-8)7-10(12)11(2,3)13/h5-6,10,12-13H,4,7H2,1-3H3. The molecule has 1 aromatic rings. The summed E-state index contributed by atoms with van der Waals surface area (Å²) in [5.74, 6) is 0. The van der Waals surface area contributed by atoms with E-state index < -0.39 is 11.7 Å². The van der Waals surface area contributed by atoms with Gasteiger partial charge in [0, 0.05) is 16.2 Å². The fraction of sp³-hybridized carbons (Fsp3) is 0.636. The van der Waals surface area contributed by atoms with Gasteiger partial charge in [-0.25, -0.2) is 0 Å². The molecule has 0 aromatic carbocycles. The summed E-state index contributed by atoms with van der Waals surface area (Å²) >= 11 is 1.71. The molecule has 0 fully saturated rings. The molecule has 0 aliphatic carbocycles. The van der Waals surface area contributed by atoms with E-state index in [2.05, 4.69) is 13.0 Å². The first kappa shape index (κ1) is 11.7. The highest BCUT2D eigenvalue weighted by atomic mass is 32.1. The van der Waals surface area contributed by atoms with Gasteiger partial charge in [0.1, 0.15) is 0 Å². The van der Waals surface area contributed by atoms with Crippen LogP contribution in [0.3, 0.4) is 0 Å². The molecular weight excluding hydrogens is 196 g/mol. The summed E-state index contributed by atoms with van der Waals surface area (Å²) < 4.78 is 0. The minimum atomic E-state index is -1.02. The number of thiophene rings is 1. The summed E-state index contributed by atoms with van der Waals surface area (Å²) in [6, 6.07) is 4.11. The van der Waals surface area contributed by atoms with Crippen LogP contribution in [0.1, 0.15) is 30.5 Å². The molecule has 1 atom stereocenters. The first-order chi connectivity index (χ1) is 6.43. The third-order valence-electron chi connectivity index (χ3n) is 2.28. The zero-order chi connectivity index (χ0) is 10.8. The molecule has 0 radical (unpaired) electrons. The van der Waals surface area contributed by atoms with Crippen LogP contribution in [0.2, 0.25) is 0 Å². The maximum absolute atomic E-state index is 9.68. The van der Waals surface area contributed by atoms with Crippen LogP contribution in [0.5, 0.6) is 0 Å². The summed E-state index contributed by atoms with van der Waals surface area (Å²) in [5.41, 5.74) is -1.02. The van der Waals surface area contributed by atoms with Gasteiger partial charge in [-0.3, -0.25) is 0 Å². The van der Waals surface area contributed by atoms with Crippen LogP contribution in [0.25, 0.3) is 0 Å². The van der Waals surface area contributed by atoms with Crippen molar-refractivity contribution in [1.29, 1.82) is 0 Å². The molecule has 1 unspecified atom stereocenters. The zero-order valence-corrected chi connectivity index (χ0v) is 9.77. The Labute approximate surface area is 89.2 Å². The predicted molar refractivity (Wildman–Crippen MR) is 59.7 cm³/mol. The fourth-order valence-electron chi connectivity index (χ4n) is 1.16. The molecule has 0 amide bonds. The van der Waals surface area contributed by atoms with Crippen LogP contribution in [0, 0.1) is 0 Å². The molecule has 0 bridgehead atoms. The van der Waals surface area contributed by atoms with Crippen molar-refractivity contribution >= 4 is 11.3 Å². The van der Waals surface area contributed by atoms with E-state index in [1.54, 1.807) is 25.2 Å². The lowest BCUT2D eigenvalue weighted by atomic mass is 9.99. The lowest BCUT2D eigenvalue weighted by molar-refractivity contribution is -0.0465. The van der Waals surface area contributed by atoms with Crippen molar-refractivity contribution in [2.75, 3.05) is 0 Å². The van der Waals surface area contributed by atoms with Crippen LogP contribution in [0.15, 0.2) is 12.1 Å². The molecule has 1 heterocycles. The van der Waals surface area contributed by atoms with Crippen molar-refractivity contribution in [3.05, 3.63) is 21.9 Å². The number of hydrogen-bond acceptors (Lipinski definition) is 3. The molecule has 3 heteroatoms. The Hall–Kier alpha value is -0.380. The van der Waals surface area contributed by atoms with Crippen molar-refractivity contribution in [2.45, 2.75) is 45.3 Å². The molecule has 14 heavy (non-hydrogen) atoms. The van der Waals surface area contributed by atoms with Crippen molar-refractivity contribution < 1.29 is 10.2 Å². The van der Waals surface area contributed by atoms with Gasteiger partial charge in [0.15, 0.2) is 0 Å². The largest absolute Gasteiger partial charge is 0.390 e. The molecule has 80 valence electrons. The van der Waals surface area contributed by atoms with Crippen molar-refractivity contribution in [2.24, 2.45) is 0 Å². The Kier molecular flexibility index (Phi) is 3.70. The van der Waals surface area contributed by atoms with Gasteiger partial charge < -0.3 is 10.2 Å². The SMILES string of the molecule is CCc1ccc(CC(O)C(C)(C)O)s1. The minimum absolute atomic E-state index is 0.536. The van der Waals surface area contributed by atoms with Crippen molar-refractivity contribution in [1.82, 2.24) is 0 Å². The normalized spacial score (nSPS) is 14.4. The maximum Gasteiger partial charge on any atom is 0.0869 e. The first-order valence-corrected chi connectivity index (χ1v) is 5.73. The van der Waals surface area contributed by atoms with Gasteiger partial charge in [0.05, 0.1) is 11.7 Å². The number of aryl methyl sites for hydroxylation is 1. The van der Waals surface area contributed by atoms with E-state index in [9.17, 15) is 10.2 Å². The van der Waals surface area contributed by atoms with Gasteiger partial charge in [-0.15, -0.1) is 11.3 Å². The molecular formula is C11H18O2S. The second-order valence-corrected chi connectivity index (χ2v) is 5.35. The topological polar surface area (TPSA) is 40.5 Å². The molecule has 0 aliphatic heterocycles. The predicted octanol–water partition coefficient (Wildman–Crippen LogP) is 1.98. The van der Waals surface area contributed by atoms with E-state index >= 15 is 0 Å². The molecule has 0 aliphatic rings. The van der Waals surface area contributed by atoms with Crippen LogP contribution in [-0.4, -0.2) is 21.9 Å². The van der Waals surface area contributed by atoms with Gasteiger partial charge in [0.2, 0.25) is 0 Å². The molecule has 2 nitrogen and oxygen atoms in total. The molecule has 2 N–H and O–H groups in total. The molecule has 0 spiro atoms. The lowest BCUT2D eigenvalue weighted by Gasteiger charge is -2.23. The Morgan fingerprint density at radius 2 is 1.93 bits per heavy atom. The summed E-state index contributed by atoms with van der Waals surface area (Å²) in [5, 5.41) is 19.2. The lowest BCUT2D eigenvalue weighted by Crippen LogP contribution is -2.37. The first-order valence-electron chi connectivity index (χ1n) is 4.91. The van der Waals surface area contributed by atoms with Gasteiger partial charge >= 0.3 is 0 Å². The van der Waals surface area contributed by atoms with Crippen LogP contribution in [0.4, 0.5) is 0 Å². The Balaban J connectivity index is 2.60. The number of hydrogen-bond donors (Lipinski definition) is 2. The monoisotopic (exact) mass is 214 g/mol. The van der Waals surface area contributed by atoms with E-state index in [0.29, 0.717) is 6.42 Å². The van der Waals surface area contributed by atoms with Crippen LogP contribution in [-0.2, 0) is 12.8 Å².